The molecule has 0 aromatic heterocycles. The van der Waals surface area contributed by atoms with Crippen LogP contribution in [0.5, 0.6) is 0 Å². The van der Waals surface area contributed by atoms with Crippen molar-refractivity contribution in [2.75, 3.05) is 31.1 Å². The molecule has 0 radical (unpaired) electrons. The quantitative estimate of drug-likeness (QED) is 0.464. The summed E-state index contributed by atoms with van der Waals surface area (Å²) in [7, 11) is 2.72. The molecule has 3 unspecified atom stereocenters. The minimum atomic E-state index is -0.369. The van der Waals surface area contributed by atoms with E-state index in [1.807, 2.05) is 12.1 Å². The zero-order chi connectivity index (χ0) is 13.4. The van der Waals surface area contributed by atoms with Gasteiger partial charge in [-0.3, -0.25) is 14.8 Å². The Morgan fingerprint density at radius 1 is 1.32 bits per heavy atom. The number of hydrogen-bond acceptors (Lipinski definition) is 5. The van der Waals surface area contributed by atoms with Gasteiger partial charge in [0.1, 0.15) is 0 Å². The van der Waals surface area contributed by atoms with Crippen molar-refractivity contribution in [1.29, 1.82) is 0 Å². The predicted molar refractivity (Wildman–Crippen MR) is 75.3 cm³/mol. The Balaban J connectivity index is 1.82. The third-order valence-electron chi connectivity index (χ3n) is 3.72. The van der Waals surface area contributed by atoms with E-state index in [2.05, 4.69) is 19.0 Å². The van der Waals surface area contributed by atoms with Gasteiger partial charge in [0.15, 0.2) is 0 Å². The fraction of sp³-hybridized carbons (Fsp3) is 0.500. The van der Waals surface area contributed by atoms with Crippen LogP contribution in [0.1, 0.15) is 0 Å². The number of nitro groups is 1. The van der Waals surface area contributed by atoms with Crippen LogP contribution in [-0.2, 0) is 4.74 Å². The first-order chi connectivity index (χ1) is 9.15. The van der Waals surface area contributed by atoms with E-state index in [1.54, 1.807) is 12.1 Å². The maximum Gasteiger partial charge on any atom is 0.269 e. The molecule has 19 heavy (non-hydrogen) atoms. The number of fused-ring (bicyclic) bond motifs is 1. The molecule has 2 saturated heterocycles. The second-order valence-electron chi connectivity index (χ2n) is 4.90. The van der Waals surface area contributed by atoms with Gasteiger partial charge in [-0.25, -0.2) is 0 Å². The highest BCUT2D eigenvalue weighted by Crippen LogP contribution is 2.30. The van der Waals surface area contributed by atoms with E-state index < -0.39 is 0 Å². The first kappa shape index (κ1) is 12.8. The van der Waals surface area contributed by atoms with Crippen molar-refractivity contribution in [3.8, 4) is 0 Å². The highest BCUT2D eigenvalue weighted by Gasteiger charge is 2.38. The maximum atomic E-state index is 10.7. The molecule has 2 aliphatic rings. The SMILES string of the molecule is O=[N+]([O-])c1ccc(N2CCOC3CN(P)CC32)cc1. The van der Waals surface area contributed by atoms with Gasteiger partial charge in [-0.2, -0.15) is 0 Å². The lowest BCUT2D eigenvalue weighted by Gasteiger charge is -2.38. The molecule has 0 aliphatic carbocycles. The van der Waals surface area contributed by atoms with Crippen LogP contribution >= 0.6 is 9.39 Å². The smallest absolute Gasteiger partial charge is 0.269 e. The van der Waals surface area contributed by atoms with Crippen molar-refractivity contribution in [2.24, 2.45) is 0 Å². The normalized spacial score (nSPS) is 27.3. The first-order valence-electron chi connectivity index (χ1n) is 6.27. The molecule has 102 valence electrons. The molecule has 6 nitrogen and oxygen atoms in total. The Morgan fingerprint density at radius 3 is 2.74 bits per heavy atom. The van der Waals surface area contributed by atoms with E-state index in [1.165, 1.54) is 0 Å². The molecule has 2 heterocycles. The summed E-state index contributed by atoms with van der Waals surface area (Å²) in [6.07, 6.45) is 0.224. The topological polar surface area (TPSA) is 58.9 Å². The molecule has 2 fully saturated rings. The van der Waals surface area contributed by atoms with Crippen LogP contribution in [0.3, 0.4) is 0 Å². The van der Waals surface area contributed by atoms with E-state index in [-0.39, 0.29) is 16.7 Å². The fourth-order valence-electron chi connectivity index (χ4n) is 2.80. The Labute approximate surface area is 113 Å². The van der Waals surface area contributed by atoms with Crippen molar-refractivity contribution < 1.29 is 9.66 Å². The Morgan fingerprint density at radius 2 is 2.05 bits per heavy atom. The first-order valence-corrected chi connectivity index (χ1v) is 6.79. The van der Waals surface area contributed by atoms with Crippen molar-refractivity contribution >= 4 is 20.8 Å². The van der Waals surface area contributed by atoms with Gasteiger partial charge in [0.2, 0.25) is 0 Å². The second-order valence-corrected chi connectivity index (χ2v) is 5.63. The molecule has 0 saturated carbocycles. The number of hydrogen-bond donors (Lipinski definition) is 0. The van der Waals surface area contributed by atoms with Crippen molar-refractivity contribution in [3.05, 3.63) is 34.4 Å². The number of nitro benzene ring substituents is 1. The van der Waals surface area contributed by atoms with Gasteiger partial charge in [-0.15, -0.1) is 0 Å². The largest absolute Gasteiger partial charge is 0.373 e. The number of nitrogens with zero attached hydrogens (tertiary/aromatic N) is 3. The number of non-ortho nitro benzene ring substituents is 1. The monoisotopic (exact) mass is 281 g/mol. The molecule has 1 aromatic carbocycles. The van der Waals surface area contributed by atoms with E-state index in [9.17, 15) is 10.1 Å². The van der Waals surface area contributed by atoms with Crippen molar-refractivity contribution in [3.63, 3.8) is 0 Å². The summed E-state index contributed by atoms with van der Waals surface area (Å²) in [6.45, 7) is 3.39. The molecule has 3 atom stereocenters. The number of rotatable bonds is 2. The van der Waals surface area contributed by atoms with E-state index in [4.69, 9.17) is 4.74 Å². The molecular formula is C12H16N3O3P. The highest BCUT2D eigenvalue weighted by atomic mass is 31.0. The van der Waals surface area contributed by atoms with Crippen LogP contribution in [0, 0.1) is 10.1 Å². The fourth-order valence-corrected chi connectivity index (χ4v) is 3.23. The van der Waals surface area contributed by atoms with Crippen molar-refractivity contribution in [1.82, 2.24) is 4.67 Å². The summed E-state index contributed by atoms with van der Waals surface area (Å²) in [4.78, 5) is 12.6. The van der Waals surface area contributed by atoms with Crippen molar-refractivity contribution in [2.45, 2.75) is 12.1 Å². The number of morpholine rings is 1. The number of ether oxygens (including phenoxy) is 1. The molecule has 3 rings (SSSR count). The van der Waals surface area contributed by atoms with Crippen LogP contribution in [0.2, 0.25) is 0 Å². The van der Waals surface area contributed by atoms with Crippen LogP contribution in [0.4, 0.5) is 11.4 Å². The third-order valence-corrected chi connectivity index (χ3v) is 4.14. The summed E-state index contributed by atoms with van der Waals surface area (Å²) in [5.74, 6) is 0. The van der Waals surface area contributed by atoms with Gasteiger partial charge in [-0.05, 0) is 12.1 Å². The Kier molecular flexibility index (Phi) is 3.39. The summed E-state index contributed by atoms with van der Waals surface area (Å²) in [5.41, 5.74) is 1.16. The van der Waals surface area contributed by atoms with Gasteiger partial charge in [0.25, 0.3) is 5.69 Å². The summed E-state index contributed by atoms with van der Waals surface area (Å²) < 4.78 is 7.96. The van der Waals surface area contributed by atoms with E-state index in [0.717, 1.165) is 25.3 Å². The highest BCUT2D eigenvalue weighted by molar-refractivity contribution is 7.13. The average Bonchev–Trinajstić information content (AvgIpc) is 2.78. The lowest BCUT2D eigenvalue weighted by molar-refractivity contribution is -0.384. The molecule has 0 spiro atoms. The molecule has 0 bridgehead atoms. The lowest BCUT2D eigenvalue weighted by Crippen LogP contribution is -2.50. The van der Waals surface area contributed by atoms with E-state index in [0.29, 0.717) is 12.6 Å². The lowest BCUT2D eigenvalue weighted by atomic mass is 10.1. The Bertz CT molecular complexity index is 482. The molecule has 0 amide bonds. The number of benzene rings is 1. The van der Waals surface area contributed by atoms with Gasteiger partial charge >= 0.3 is 0 Å². The zero-order valence-corrected chi connectivity index (χ0v) is 11.6. The Hall–Kier alpha value is -1.23. The van der Waals surface area contributed by atoms with E-state index >= 15 is 0 Å². The predicted octanol–water partition coefficient (Wildman–Crippen LogP) is 1.27. The molecule has 2 aliphatic heterocycles. The molecular weight excluding hydrogens is 265 g/mol. The molecule has 1 aromatic rings. The summed E-state index contributed by atoms with van der Waals surface area (Å²) in [5, 5.41) is 10.7. The van der Waals surface area contributed by atoms with Gasteiger partial charge in [0.05, 0.1) is 23.7 Å². The summed E-state index contributed by atoms with van der Waals surface area (Å²) >= 11 is 0. The number of anilines is 1. The third kappa shape index (κ3) is 2.43. The standard InChI is InChI=1S/C12H16N3O3P/c16-15(17)10-3-1-9(2-4-10)14-5-6-18-12-8-13(19)7-11(12)14/h1-4,11-12H,5-8,19H2. The average molecular weight is 281 g/mol. The summed E-state index contributed by atoms with van der Waals surface area (Å²) in [6, 6.07) is 7.10. The second kappa shape index (κ2) is 5.04. The minimum absolute atomic E-state index is 0.132. The molecule has 0 N–H and O–H groups in total. The minimum Gasteiger partial charge on any atom is -0.373 e. The van der Waals surface area contributed by atoms with Gasteiger partial charge in [0, 0.05) is 37.5 Å². The maximum absolute atomic E-state index is 10.7. The van der Waals surface area contributed by atoms with Crippen LogP contribution < -0.4 is 4.90 Å². The van der Waals surface area contributed by atoms with Gasteiger partial charge < -0.3 is 9.64 Å². The van der Waals surface area contributed by atoms with Crippen LogP contribution in [0.25, 0.3) is 0 Å². The van der Waals surface area contributed by atoms with Crippen LogP contribution in [0.15, 0.2) is 24.3 Å². The molecule has 7 heteroatoms. The van der Waals surface area contributed by atoms with Crippen LogP contribution in [-0.4, -0.2) is 48.0 Å². The zero-order valence-electron chi connectivity index (χ0n) is 10.4. The van der Waals surface area contributed by atoms with Gasteiger partial charge in [-0.1, -0.05) is 9.39 Å².